The Kier molecular flexibility index (Phi) is 4.30. The Bertz CT molecular complexity index is 331. The average molecular weight is 228 g/mol. The zero-order valence-corrected chi connectivity index (χ0v) is 9.12. The number of carbonyl (C=O) groups excluding carboxylic acids is 1. The lowest BCUT2D eigenvalue weighted by atomic mass is 10.0. The molecule has 0 aromatic carbocycles. The topological polar surface area (TPSA) is 63.6 Å². The van der Waals surface area contributed by atoms with Crippen LogP contribution < -0.4 is 0 Å². The third-order valence-electron chi connectivity index (χ3n) is 1.98. The molecule has 0 amide bonds. The molecule has 0 spiro atoms. The number of aliphatic carboxylic acids is 1. The minimum Gasteiger partial charge on any atom is -0.481 e. The van der Waals surface area contributed by atoms with Gasteiger partial charge in [-0.2, -0.15) is 0 Å². The van der Waals surface area contributed by atoms with Crippen molar-refractivity contribution in [1.29, 1.82) is 0 Å². The van der Waals surface area contributed by atoms with E-state index >= 15 is 0 Å². The van der Waals surface area contributed by atoms with E-state index in [0.717, 1.165) is 4.88 Å². The highest BCUT2D eigenvalue weighted by Gasteiger charge is 2.23. The Morgan fingerprint density at radius 2 is 2.33 bits per heavy atom. The molecule has 0 bridgehead atoms. The lowest BCUT2D eigenvalue weighted by molar-refractivity contribution is -0.150. The molecule has 0 saturated carbocycles. The molecule has 1 aromatic heterocycles. The monoisotopic (exact) mass is 228 g/mol. The lowest BCUT2D eigenvalue weighted by Crippen LogP contribution is -2.21. The molecule has 0 radical (unpaired) electrons. The van der Waals surface area contributed by atoms with Crippen molar-refractivity contribution in [2.24, 2.45) is 5.92 Å². The predicted molar refractivity (Wildman–Crippen MR) is 55.8 cm³/mol. The zero-order chi connectivity index (χ0) is 11.3. The smallest absolute Gasteiger partial charge is 0.309 e. The van der Waals surface area contributed by atoms with Crippen molar-refractivity contribution in [3.8, 4) is 0 Å². The van der Waals surface area contributed by atoms with Crippen LogP contribution in [0.5, 0.6) is 0 Å². The number of carboxylic acid groups (broad SMARTS) is 1. The van der Waals surface area contributed by atoms with Crippen molar-refractivity contribution < 1.29 is 19.4 Å². The second-order valence-corrected chi connectivity index (χ2v) is 4.13. The number of methoxy groups -OCH3 is 1. The van der Waals surface area contributed by atoms with E-state index in [2.05, 4.69) is 4.74 Å². The van der Waals surface area contributed by atoms with Gasteiger partial charge in [-0.05, 0) is 17.9 Å². The van der Waals surface area contributed by atoms with E-state index in [1.54, 1.807) is 0 Å². The molecule has 15 heavy (non-hydrogen) atoms. The quantitative estimate of drug-likeness (QED) is 0.777. The van der Waals surface area contributed by atoms with Gasteiger partial charge in [0, 0.05) is 4.88 Å². The Morgan fingerprint density at radius 1 is 1.60 bits per heavy atom. The SMILES string of the molecule is COC(=O)C(CC(=O)O)Cc1cccs1. The number of ether oxygens (including phenoxy) is 1. The van der Waals surface area contributed by atoms with Crippen LogP contribution in [0.3, 0.4) is 0 Å². The Labute approximate surface area is 91.5 Å². The number of hydrogen-bond acceptors (Lipinski definition) is 4. The van der Waals surface area contributed by atoms with Crippen LogP contribution in [0.1, 0.15) is 11.3 Å². The molecule has 0 aliphatic heterocycles. The summed E-state index contributed by atoms with van der Waals surface area (Å²) in [6.45, 7) is 0. The summed E-state index contributed by atoms with van der Waals surface area (Å²) >= 11 is 1.51. The van der Waals surface area contributed by atoms with Gasteiger partial charge in [0.15, 0.2) is 0 Å². The first-order valence-corrected chi connectivity index (χ1v) is 5.33. The van der Waals surface area contributed by atoms with Gasteiger partial charge in [-0.25, -0.2) is 0 Å². The van der Waals surface area contributed by atoms with Gasteiger partial charge in [-0.3, -0.25) is 9.59 Å². The molecule has 1 rings (SSSR count). The van der Waals surface area contributed by atoms with Gasteiger partial charge in [0.05, 0.1) is 19.4 Å². The highest BCUT2D eigenvalue weighted by molar-refractivity contribution is 7.09. The molecule has 1 heterocycles. The van der Waals surface area contributed by atoms with Crippen molar-refractivity contribution in [2.45, 2.75) is 12.8 Å². The van der Waals surface area contributed by atoms with Crippen LogP contribution >= 0.6 is 11.3 Å². The highest BCUT2D eigenvalue weighted by Crippen LogP contribution is 2.18. The molecular weight excluding hydrogens is 216 g/mol. The number of hydrogen-bond donors (Lipinski definition) is 1. The Morgan fingerprint density at radius 3 is 2.80 bits per heavy atom. The average Bonchev–Trinajstić information content (AvgIpc) is 2.67. The van der Waals surface area contributed by atoms with Gasteiger partial charge in [0.1, 0.15) is 0 Å². The normalized spacial score (nSPS) is 12.1. The summed E-state index contributed by atoms with van der Waals surface area (Å²) in [5.41, 5.74) is 0. The maximum absolute atomic E-state index is 11.3. The van der Waals surface area contributed by atoms with Crippen molar-refractivity contribution in [3.05, 3.63) is 22.4 Å². The molecule has 0 aliphatic rings. The van der Waals surface area contributed by atoms with Crippen molar-refractivity contribution in [2.75, 3.05) is 7.11 Å². The summed E-state index contributed by atoms with van der Waals surface area (Å²) in [5, 5.41) is 10.5. The molecular formula is C10H12O4S. The zero-order valence-electron chi connectivity index (χ0n) is 8.30. The van der Waals surface area contributed by atoms with E-state index < -0.39 is 17.9 Å². The van der Waals surface area contributed by atoms with Gasteiger partial charge in [-0.1, -0.05) is 6.07 Å². The van der Waals surface area contributed by atoms with Crippen molar-refractivity contribution in [1.82, 2.24) is 0 Å². The van der Waals surface area contributed by atoms with Crippen LogP contribution in [-0.2, 0) is 20.7 Å². The van der Waals surface area contributed by atoms with E-state index in [-0.39, 0.29) is 6.42 Å². The molecule has 1 atom stereocenters. The van der Waals surface area contributed by atoms with Crippen LogP contribution in [0.2, 0.25) is 0 Å². The number of carboxylic acids is 1. The molecule has 82 valence electrons. The second-order valence-electron chi connectivity index (χ2n) is 3.10. The molecule has 1 aromatic rings. The fourth-order valence-electron chi connectivity index (χ4n) is 1.29. The van der Waals surface area contributed by atoms with E-state index in [4.69, 9.17) is 5.11 Å². The first kappa shape index (κ1) is 11.7. The lowest BCUT2D eigenvalue weighted by Gasteiger charge is -2.10. The number of rotatable bonds is 5. The summed E-state index contributed by atoms with van der Waals surface area (Å²) in [7, 11) is 1.27. The van der Waals surface area contributed by atoms with E-state index in [1.807, 2.05) is 17.5 Å². The van der Waals surface area contributed by atoms with E-state index in [0.29, 0.717) is 6.42 Å². The number of esters is 1. The van der Waals surface area contributed by atoms with Crippen LogP contribution in [-0.4, -0.2) is 24.2 Å². The summed E-state index contributed by atoms with van der Waals surface area (Å²) in [4.78, 5) is 22.8. The van der Waals surface area contributed by atoms with Gasteiger partial charge >= 0.3 is 11.9 Å². The summed E-state index contributed by atoms with van der Waals surface area (Å²) < 4.78 is 4.56. The number of thiophene rings is 1. The maximum Gasteiger partial charge on any atom is 0.309 e. The molecule has 0 fully saturated rings. The summed E-state index contributed by atoms with van der Waals surface area (Å²) in [5.74, 6) is -2.04. The Balaban J connectivity index is 2.64. The Hall–Kier alpha value is -1.36. The fourth-order valence-corrected chi connectivity index (χ4v) is 2.07. The molecule has 0 saturated heterocycles. The number of carbonyl (C=O) groups is 2. The van der Waals surface area contributed by atoms with Gasteiger partial charge in [-0.15, -0.1) is 11.3 Å². The minimum absolute atomic E-state index is 0.190. The van der Waals surface area contributed by atoms with E-state index in [1.165, 1.54) is 18.4 Å². The standard InChI is InChI=1S/C10H12O4S/c1-14-10(13)7(6-9(11)12)5-8-3-2-4-15-8/h2-4,7H,5-6H2,1H3,(H,11,12). The van der Waals surface area contributed by atoms with Gasteiger partial charge in [0.2, 0.25) is 0 Å². The van der Waals surface area contributed by atoms with Crippen molar-refractivity contribution >= 4 is 23.3 Å². The maximum atomic E-state index is 11.3. The van der Waals surface area contributed by atoms with Crippen LogP contribution in [0.25, 0.3) is 0 Å². The predicted octanol–water partition coefficient (Wildman–Crippen LogP) is 1.55. The van der Waals surface area contributed by atoms with Crippen LogP contribution in [0, 0.1) is 5.92 Å². The van der Waals surface area contributed by atoms with E-state index in [9.17, 15) is 9.59 Å². The molecule has 0 aliphatic carbocycles. The summed E-state index contributed by atoms with van der Waals surface area (Å²) in [6, 6.07) is 3.75. The largest absolute Gasteiger partial charge is 0.481 e. The van der Waals surface area contributed by atoms with Crippen LogP contribution in [0.4, 0.5) is 0 Å². The third-order valence-corrected chi connectivity index (χ3v) is 2.88. The fraction of sp³-hybridized carbons (Fsp3) is 0.400. The highest BCUT2D eigenvalue weighted by atomic mass is 32.1. The molecule has 5 heteroatoms. The third kappa shape index (κ3) is 3.71. The first-order valence-electron chi connectivity index (χ1n) is 4.45. The second kappa shape index (κ2) is 5.50. The van der Waals surface area contributed by atoms with Gasteiger partial charge in [0.25, 0.3) is 0 Å². The molecule has 1 unspecified atom stereocenters. The first-order chi connectivity index (χ1) is 7.13. The summed E-state index contributed by atoms with van der Waals surface area (Å²) in [6.07, 6.45) is 0.237. The molecule has 4 nitrogen and oxygen atoms in total. The van der Waals surface area contributed by atoms with Crippen LogP contribution in [0.15, 0.2) is 17.5 Å². The molecule has 1 N–H and O–H groups in total. The van der Waals surface area contributed by atoms with Crippen molar-refractivity contribution in [3.63, 3.8) is 0 Å². The minimum atomic E-state index is -0.984. The van der Waals surface area contributed by atoms with Gasteiger partial charge < -0.3 is 9.84 Å².